The molecule has 0 unspecified atom stereocenters. The highest BCUT2D eigenvalue weighted by atomic mass is 19.1. The van der Waals surface area contributed by atoms with Crippen molar-refractivity contribution in [2.75, 3.05) is 13.1 Å². The first-order chi connectivity index (χ1) is 10.6. The Kier molecular flexibility index (Phi) is 4.55. The summed E-state index contributed by atoms with van der Waals surface area (Å²) in [5, 5.41) is 10.4. The van der Waals surface area contributed by atoms with Crippen molar-refractivity contribution in [2.24, 2.45) is 5.92 Å². The Labute approximate surface area is 129 Å². The van der Waals surface area contributed by atoms with Crippen LogP contribution in [0.5, 0.6) is 0 Å². The van der Waals surface area contributed by atoms with Gasteiger partial charge in [-0.15, -0.1) is 0 Å². The molecule has 2 heterocycles. The molecule has 2 aromatic rings. The second-order valence-corrected chi connectivity index (χ2v) is 6.04. The average Bonchev–Trinajstić information content (AvgIpc) is 2.87. The van der Waals surface area contributed by atoms with Crippen molar-refractivity contribution < 1.29 is 13.9 Å². The smallest absolute Gasteiger partial charge is 0.191 e. The molecule has 4 nitrogen and oxygen atoms in total. The van der Waals surface area contributed by atoms with Gasteiger partial charge >= 0.3 is 0 Å². The van der Waals surface area contributed by atoms with Crippen LogP contribution in [0.25, 0.3) is 0 Å². The number of aliphatic hydroxyl groups is 1. The van der Waals surface area contributed by atoms with E-state index >= 15 is 0 Å². The van der Waals surface area contributed by atoms with Crippen LogP contribution in [0, 0.1) is 18.7 Å². The number of aliphatic hydroxyl groups excluding tert-OH is 1. The van der Waals surface area contributed by atoms with Crippen LogP contribution < -0.4 is 0 Å². The van der Waals surface area contributed by atoms with Gasteiger partial charge in [-0.3, -0.25) is 4.90 Å². The van der Waals surface area contributed by atoms with Crippen molar-refractivity contribution >= 4 is 0 Å². The average molecular weight is 304 g/mol. The third-order valence-electron chi connectivity index (χ3n) is 4.24. The minimum atomic E-state index is -0.398. The number of halogens is 1. The Balaban J connectivity index is 1.55. The molecule has 118 valence electrons. The second-order valence-electron chi connectivity index (χ2n) is 6.04. The lowest BCUT2D eigenvalue weighted by Crippen LogP contribution is -2.44. The number of nitrogens with zero attached hydrogens (tertiary/aromatic N) is 2. The summed E-state index contributed by atoms with van der Waals surface area (Å²) in [6.45, 7) is 4.04. The summed E-state index contributed by atoms with van der Waals surface area (Å²) in [6.07, 6.45) is 2.88. The molecule has 5 heteroatoms. The van der Waals surface area contributed by atoms with Gasteiger partial charge in [0.2, 0.25) is 0 Å². The van der Waals surface area contributed by atoms with Crippen molar-refractivity contribution in [1.29, 1.82) is 0 Å². The number of aromatic nitrogens is 1. The quantitative estimate of drug-likeness (QED) is 0.943. The lowest BCUT2D eigenvalue weighted by Gasteiger charge is -2.35. The molecule has 0 saturated carbocycles. The molecule has 1 aliphatic rings. The van der Waals surface area contributed by atoms with Crippen LogP contribution in [0.15, 0.2) is 34.9 Å². The minimum absolute atomic E-state index is 0.178. The number of hydrogen-bond acceptors (Lipinski definition) is 4. The summed E-state index contributed by atoms with van der Waals surface area (Å²) < 4.78 is 18.4. The molecule has 1 aromatic carbocycles. The molecule has 0 amide bonds. The van der Waals surface area contributed by atoms with Crippen molar-refractivity contribution in [3.05, 3.63) is 53.5 Å². The summed E-state index contributed by atoms with van der Waals surface area (Å²) in [5.74, 6) is 0.625. The normalized spacial score (nSPS) is 22.9. The van der Waals surface area contributed by atoms with Crippen molar-refractivity contribution in [3.63, 3.8) is 0 Å². The molecular formula is C17H21FN2O2. The maximum Gasteiger partial charge on any atom is 0.191 e. The number of oxazole rings is 1. The van der Waals surface area contributed by atoms with Crippen LogP contribution in [0.3, 0.4) is 0 Å². The van der Waals surface area contributed by atoms with Crippen LogP contribution in [-0.2, 0) is 13.0 Å². The van der Waals surface area contributed by atoms with Crippen LogP contribution in [0.4, 0.5) is 4.39 Å². The number of likely N-dealkylation sites (tertiary alicyclic amines) is 1. The molecule has 1 N–H and O–H groups in total. The van der Waals surface area contributed by atoms with E-state index in [0.717, 1.165) is 30.6 Å². The monoisotopic (exact) mass is 304 g/mol. The Hall–Kier alpha value is -1.72. The van der Waals surface area contributed by atoms with Gasteiger partial charge in [0.25, 0.3) is 0 Å². The summed E-state index contributed by atoms with van der Waals surface area (Å²) >= 11 is 0. The fourth-order valence-corrected chi connectivity index (χ4v) is 3.10. The fraction of sp³-hybridized carbons (Fsp3) is 0.471. The first-order valence-electron chi connectivity index (χ1n) is 7.66. The number of piperidine rings is 1. The largest absolute Gasteiger partial charge is 0.449 e. The van der Waals surface area contributed by atoms with Gasteiger partial charge in [-0.1, -0.05) is 12.1 Å². The molecule has 22 heavy (non-hydrogen) atoms. The van der Waals surface area contributed by atoms with E-state index in [4.69, 9.17) is 4.42 Å². The number of rotatable bonds is 4. The maximum atomic E-state index is 13.2. The van der Waals surface area contributed by atoms with Crippen LogP contribution in [-0.4, -0.2) is 34.2 Å². The standard InChI is InChI=1S/C17H21FN2O2/c1-12-19-16(11-22-12)9-20-6-5-14(17(21)10-20)7-13-3-2-4-15(18)8-13/h2-4,8,11,14,17,21H,5-7,9-10H2,1H3/t14-,17-/m1/s1. The number of hydrogen-bond donors (Lipinski definition) is 1. The third-order valence-corrected chi connectivity index (χ3v) is 4.24. The highest BCUT2D eigenvalue weighted by Gasteiger charge is 2.28. The second kappa shape index (κ2) is 6.58. The van der Waals surface area contributed by atoms with Gasteiger partial charge in [0.15, 0.2) is 5.89 Å². The van der Waals surface area contributed by atoms with Gasteiger partial charge in [-0.05, 0) is 43.0 Å². The molecule has 1 saturated heterocycles. The summed E-state index contributed by atoms with van der Waals surface area (Å²) in [5.41, 5.74) is 1.85. The molecule has 2 atom stereocenters. The molecule has 0 spiro atoms. The highest BCUT2D eigenvalue weighted by Crippen LogP contribution is 2.23. The Bertz CT molecular complexity index is 629. The van der Waals surface area contributed by atoms with Gasteiger partial charge in [0.05, 0.1) is 11.8 Å². The van der Waals surface area contributed by atoms with E-state index in [1.54, 1.807) is 18.4 Å². The molecule has 0 bridgehead atoms. The number of aryl methyl sites for hydroxylation is 1. The lowest BCUT2D eigenvalue weighted by atomic mass is 9.88. The summed E-state index contributed by atoms with van der Waals surface area (Å²) in [7, 11) is 0. The molecule has 3 rings (SSSR count). The maximum absolute atomic E-state index is 13.2. The van der Waals surface area contributed by atoms with E-state index in [0.29, 0.717) is 19.0 Å². The molecule has 0 aliphatic carbocycles. The Morgan fingerprint density at radius 3 is 3.00 bits per heavy atom. The molecule has 1 aromatic heterocycles. The van der Waals surface area contributed by atoms with E-state index in [1.807, 2.05) is 13.0 Å². The van der Waals surface area contributed by atoms with Gasteiger partial charge < -0.3 is 9.52 Å². The number of benzene rings is 1. The van der Waals surface area contributed by atoms with E-state index in [-0.39, 0.29) is 11.7 Å². The SMILES string of the molecule is Cc1nc(CN2CC[C@H](Cc3cccc(F)c3)[C@H](O)C2)co1. The molecule has 1 fully saturated rings. The zero-order chi connectivity index (χ0) is 15.5. The van der Waals surface area contributed by atoms with E-state index in [9.17, 15) is 9.50 Å². The molecule has 0 radical (unpaired) electrons. The zero-order valence-electron chi connectivity index (χ0n) is 12.7. The van der Waals surface area contributed by atoms with Crippen LogP contribution in [0.1, 0.15) is 23.6 Å². The van der Waals surface area contributed by atoms with Gasteiger partial charge in [-0.2, -0.15) is 0 Å². The summed E-state index contributed by atoms with van der Waals surface area (Å²) in [6, 6.07) is 6.64. The summed E-state index contributed by atoms with van der Waals surface area (Å²) in [4.78, 5) is 6.48. The Morgan fingerprint density at radius 2 is 2.32 bits per heavy atom. The lowest BCUT2D eigenvalue weighted by molar-refractivity contribution is 0.0183. The van der Waals surface area contributed by atoms with Crippen LogP contribution >= 0.6 is 0 Å². The Morgan fingerprint density at radius 1 is 1.45 bits per heavy atom. The highest BCUT2D eigenvalue weighted by molar-refractivity contribution is 5.17. The fourth-order valence-electron chi connectivity index (χ4n) is 3.10. The molecular weight excluding hydrogens is 283 g/mol. The van der Waals surface area contributed by atoms with E-state index in [2.05, 4.69) is 9.88 Å². The van der Waals surface area contributed by atoms with E-state index < -0.39 is 6.10 Å². The van der Waals surface area contributed by atoms with Crippen LogP contribution in [0.2, 0.25) is 0 Å². The van der Waals surface area contributed by atoms with Crippen molar-refractivity contribution in [3.8, 4) is 0 Å². The van der Waals surface area contributed by atoms with Crippen molar-refractivity contribution in [2.45, 2.75) is 32.4 Å². The predicted molar refractivity (Wildman–Crippen MR) is 80.7 cm³/mol. The first-order valence-corrected chi connectivity index (χ1v) is 7.66. The topological polar surface area (TPSA) is 49.5 Å². The van der Waals surface area contributed by atoms with Gasteiger partial charge in [0.1, 0.15) is 12.1 Å². The van der Waals surface area contributed by atoms with Gasteiger partial charge in [-0.25, -0.2) is 9.37 Å². The minimum Gasteiger partial charge on any atom is -0.449 e. The van der Waals surface area contributed by atoms with E-state index in [1.165, 1.54) is 6.07 Å². The number of β-amino-alcohol motifs (C(OH)–C–C–N with tert-alkyl or cyclic N) is 1. The molecule has 1 aliphatic heterocycles. The zero-order valence-corrected chi connectivity index (χ0v) is 12.7. The van der Waals surface area contributed by atoms with Crippen molar-refractivity contribution in [1.82, 2.24) is 9.88 Å². The predicted octanol–water partition coefficient (Wildman–Crippen LogP) is 2.55. The van der Waals surface area contributed by atoms with Gasteiger partial charge in [0, 0.05) is 20.0 Å². The first kappa shape index (κ1) is 15.2. The third kappa shape index (κ3) is 3.72.